The Bertz CT molecular complexity index is 1310. The van der Waals surface area contributed by atoms with Crippen LogP contribution in [0, 0.1) is 0 Å². The Labute approximate surface area is 209 Å². The normalized spacial score (nSPS) is 17.1. The molecule has 2 aromatic carbocycles. The summed E-state index contributed by atoms with van der Waals surface area (Å²) in [6, 6.07) is 13.7. The minimum atomic E-state index is -0.546. The van der Waals surface area contributed by atoms with Gasteiger partial charge in [-0.15, -0.1) is 0 Å². The van der Waals surface area contributed by atoms with Gasteiger partial charge >= 0.3 is 0 Å². The fraction of sp³-hybridized carbons (Fsp3) is 0.333. The van der Waals surface area contributed by atoms with E-state index in [0.29, 0.717) is 37.5 Å². The van der Waals surface area contributed by atoms with Gasteiger partial charge in [-0.25, -0.2) is 0 Å². The Hall–Kier alpha value is -3.98. The SMILES string of the molecule is CC(C)n1ccc2ccc(NC=O)cc21.CNCc1ccc2c(c1)C(=O)N(C1CCC(=O)NC1=O)C2. The molecule has 1 saturated heterocycles. The van der Waals surface area contributed by atoms with Gasteiger partial charge in [0, 0.05) is 43.0 Å². The number of carbonyl (C=O) groups is 4. The monoisotopic (exact) mass is 489 g/mol. The first-order valence-corrected chi connectivity index (χ1v) is 12.0. The molecule has 5 rings (SSSR count). The van der Waals surface area contributed by atoms with Crippen molar-refractivity contribution in [2.24, 2.45) is 0 Å². The lowest BCUT2D eigenvalue weighted by molar-refractivity contribution is -0.136. The summed E-state index contributed by atoms with van der Waals surface area (Å²) in [4.78, 5) is 47.6. The number of hydrogen-bond acceptors (Lipinski definition) is 5. The number of nitrogens with zero attached hydrogens (tertiary/aromatic N) is 2. The van der Waals surface area contributed by atoms with Gasteiger partial charge in [0.1, 0.15) is 6.04 Å². The first-order valence-electron chi connectivity index (χ1n) is 12.0. The van der Waals surface area contributed by atoms with Crippen molar-refractivity contribution in [3.63, 3.8) is 0 Å². The molecule has 2 aliphatic rings. The molecule has 0 bridgehead atoms. The number of benzene rings is 2. The van der Waals surface area contributed by atoms with E-state index >= 15 is 0 Å². The fourth-order valence-corrected chi connectivity index (χ4v) is 4.67. The lowest BCUT2D eigenvalue weighted by Gasteiger charge is -2.29. The van der Waals surface area contributed by atoms with Crippen LogP contribution in [0.3, 0.4) is 0 Å². The van der Waals surface area contributed by atoms with Crippen LogP contribution in [0.25, 0.3) is 10.9 Å². The molecular weight excluding hydrogens is 458 g/mol. The van der Waals surface area contributed by atoms with Crippen LogP contribution in [0.5, 0.6) is 0 Å². The maximum atomic E-state index is 12.5. The van der Waals surface area contributed by atoms with Crippen LogP contribution in [0.1, 0.15) is 54.2 Å². The third-order valence-corrected chi connectivity index (χ3v) is 6.48. The van der Waals surface area contributed by atoms with Crippen molar-refractivity contribution < 1.29 is 19.2 Å². The van der Waals surface area contributed by atoms with Crippen molar-refractivity contribution in [1.29, 1.82) is 0 Å². The Morgan fingerprint density at radius 3 is 2.61 bits per heavy atom. The molecule has 3 heterocycles. The Balaban J connectivity index is 0.000000179. The quantitative estimate of drug-likeness (QED) is 0.364. The molecule has 3 aromatic rings. The highest BCUT2D eigenvalue weighted by Gasteiger charge is 2.39. The van der Waals surface area contributed by atoms with E-state index in [1.807, 2.05) is 43.4 Å². The molecule has 2 aliphatic heterocycles. The molecule has 4 amide bonds. The maximum absolute atomic E-state index is 12.5. The summed E-state index contributed by atoms with van der Waals surface area (Å²) in [6.07, 6.45) is 3.44. The first kappa shape index (κ1) is 25.1. The number of anilines is 1. The molecular formula is C27H31N5O4. The number of piperidine rings is 1. The predicted molar refractivity (Wildman–Crippen MR) is 137 cm³/mol. The highest BCUT2D eigenvalue weighted by Crippen LogP contribution is 2.28. The summed E-state index contributed by atoms with van der Waals surface area (Å²) >= 11 is 0. The molecule has 1 unspecified atom stereocenters. The lowest BCUT2D eigenvalue weighted by atomic mass is 10.0. The number of carbonyl (C=O) groups excluding carboxylic acids is 4. The number of aromatic nitrogens is 1. The van der Waals surface area contributed by atoms with Crippen LogP contribution in [0.4, 0.5) is 5.69 Å². The van der Waals surface area contributed by atoms with E-state index in [4.69, 9.17) is 0 Å². The Morgan fingerprint density at radius 1 is 1.11 bits per heavy atom. The van der Waals surface area contributed by atoms with Gasteiger partial charge in [0.25, 0.3) is 5.91 Å². The molecule has 1 fully saturated rings. The number of imide groups is 1. The summed E-state index contributed by atoms with van der Waals surface area (Å²) in [7, 11) is 1.85. The average Bonchev–Trinajstić information content (AvgIpc) is 3.41. The van der Waals surface area contributed by atoms with E-state index in [1.165, 1.54) is 5.39 Å². The summed E-state index contributed by atoms with van der Waals surface area (Å²) < 4.78 is 2.19. The first-order chi connectivity index (χ1) is 17.3. The minimum absolute atomic E-state index is 0.127. The molecule has 1 atom stereocenters. The van der Waals surface area contributed by atoms with Gasteiger partial charge in [-0.1, -0.05) is 18.2 Å². The minimum Gasteiger partial charge on any atom is -0.345 e. The largest absolute Gasteiger partial charge is 0.345 e. The van der Waals surface area contributed by atoms with E-state index in [1.54, 1.807) is 4.90 Å². The third kappa shape index (κ3) is 5.16. The van der Waals surface area contributed by atoms with Crippen molar-refractivity contribution in [2.45, 2.75) is 51.9 Å². The molecule has 9 nitrogen and oxygen atoms in total. The van der Waals surface area contributed by atoms with Crippen LogP contribution >= 0.6 is 0 Å². The van der Waals surface area contributed by atoms with E-state index in [-0.39, 0.29) is 24.1 Å². The third-order valence-electron chi connectivity index (χ3n) is 6.48. The zero-order valence-electron chi connectivity index (χ0n) is 20.7. The van der Waals surface area contributed by atoms with Gasteiger partial charge in [0.2, 0.25) is 18.2 Å². The maximum Gasteiger partial charge on any atom is 0.255 e. The second kappa shape index (κ2) is 10.7. The van der Waals surface area contributed by atoms with E-state index in [2.05, 4.69) is 46.6 Å². The van der Waals surface area contributed by atoms with Gasteiger partial charge in [-0.2, -0.15) is 0 Å². The van der Waals surface area contributed by atoms with Crippen LogP contribution in [0.15, 0.2) is 48.7 Å². The molecule has 36 heavy (non-hydrogen) atoms. The van der Waals surface area contributed by atoms with E-state index in [9.17, 15) is 19.2 Å². The number of rotatable bonds is 6. The van der Waals surface area contributed by atoms with Crippen molar-refractivity contribution in [2.75, 3.05) is 12.4 Å². The van der Waals surface area contributed by atoms with Gasteiger partial charge < -0.3 is 20.1 Å². The smallest absolute Gasteiger partial charge is 0.255 e. The lowest BCUT2D eigenvalue weighted by Crippen LogP contribution is -2.52. The zero-order valence-corrected chi connectivity index (χ0v) is 20.7. The molecule has 1 aromatic heterocycles. The summed E-state index contributed by atoms with van der Waals surface area (Å²) in [5.41, 5.74) is 4.61. The highest BCUT2D eigenvalue weighted by molar-refractivity contribution is 6.05. The van der Waals surface area contributed by atoms with Crippen molar-refractivity contribution >= 4 is 40.7 Å². The number of hydrogen-bond donors (Lipinski definition) is 3. The van der Waals surface area contributed by atoms with Crippen molar-refractivity contribution in [1.82, 2.24) is 20.1 Å². The zero-order chi connectivity index (χ0) is 25.8. The van der Waals surface area contributed by atoms with Gasteiger partial charge in [-0.3, -0.25) is 24.5 Å². The summed E-state index contributed by atoms with van der Waals surface area (Å²) in [5, 5.41) is 9.21. The molecule has 0 aliphatic carbocycles. The summed E-state index contributed by atoms with van der Waals surface area (Å²) in [6.45, 7) is 5.40. The predicted octanol–water partition coefficient (Wildman–Crippen LogP) is 2.96. The second-order valence-electron chi connectivity index (χ2n) is 9.27. The molecule has 188 valence electrons. The summed E-state index contributed by atoms with van der Waals surface area (Å²) in [5.74, 6) is -0.767. The number of amides is 4. The van der Waals surface area contributed by atoms with Gasteiger partial charge in [0.15, 0.2) is 0 Å². The molecule has 0 spiro atoms. The van der Waals surface area contributed by atoms with Gasteiger partial charge in [0.05, 0.1) is 5.52 Å². The Morgan fingerprint density at radius 2 is 1.92 bits per heavy atom. The van der Waals surface area contributed by atoms with Crippen LogP contribution in [-0.4, -0.2) is 46.7 Å². The van der Waals surface area contributed by atoms with E-state index in [0.717, 1.165) is 22.3 Å². The molecule has 0 radical (unpaired) electrons. The van der Waals surface area contributed by atoms with Crippen LogP contribution in [-0.2, 0) is 27.5 Å². The molecule has 0 saturated carbocycles. The molecule has 9 heteroatoms. The second-order valence-corrected chi connectivity index (χ2v) is 9.27. The topological polar surface area (TPSA) is 113 Å². The van der Waals surface area contributed by atoms with Crippen molar-refractivity contribution in [3.05, 3.63) is 65.4 Å². The van der Waals surface area contributed by atoms with E-state index < -0.39 is 6.04 Å². The number of nitrogens with one attached hydrogen (secondary N) is 3. The molecule has 3 N–H and O–H groups in total. The van der Waals surface area contributed by atoms with Crippen molar-refractivity contribution in [3.8, 4) is 0 Å². The van der Waals surface area contributed by atoms with Crippen LogP contribution < -0.4 is 16.0 Å². The average molecular weight is 490 g/mol. The Kier molecular flexibility index (Phi) is 7.49. The fourth-order valence-electron chi connectivity index (χ4n) is 4.67. The van der Waals surface area contributed by atoms with Gasteiger partial charge in [-0.05, 0) is 68.1 Å². The van der Waals surface area contributed by atoms with Crippen LogP contribution in [0.2, 0.25) is 0 Å². The number of fused-ring (bicyclic) bond motifs is 2. The standard InChI is InChI=1S/C15H17N3O3.C12H14N2O/c1-16-7-9-2-3-10-8-18(15(21)11(10)6-9)12-4-5-13(19)17-14(12)20;1-9(2)14-6-5-10-3-4-11(13-8-15)7-12(10)14/h2-3,6,12,16H,4-5,7-8H2,1H3,(H,17,19,20);3-9H,1-2H3,(H,13,15). The highest BCUT2D eigenvalue weighted by atomic mass is 16.2.